The van der Waals surface area contributed by atoms with Crippen LogP contribution >= 0.6 is 11.6 Å². The molecule has 2 N–H and O–H groups in total. The van der Waals surface area contributed by atoms with Crippen LogP contribution in [0.3, 0.4) is 0 Å². The minimum Gasteiger partial charge on any atom is -0.325 e. The Morgan fingerprint density at radius 2 is 1.97 bits per heavy atom. The van der Waals surface area contributed by atoms with E-state index in [9.17, 15) is 13.6 Å². The SMILES string of the molecule is CC(C)(C)n1ccc([C@@H]2C[C@@H](C(=O)Nc3cccc(F)c3)N[C@H]2c2ccc(Cl)c(F)c2)n1. The van der Waals surface area contributed by atoms with Crippen molar-refractivity contribution in [3.05, 3.63) is 82.6 Å². The zero-order valence-corrected chi connectivity index (χ0v) is 18.8. The first-order chi connectivity index (χ1) is 15.1. The predicted octanol–water partition coefficient (Wildman–Crippen LogP) is 5.40. The van der Waals surface area contributed by atoms with E-state index in [1.165, 1.54) is 30.3 Å². The highest BCUT2D eigenvalue weighted by molar-refractivity contribution is 6.30. The lowest BCUT2D eigenvalue weighted by molar-refractivity contribution is -0.117. The first-order valence-electron chi connectivity index (χ1n) is 10.5. The van der Waals surface area contributed by atoms with Crippen LogP contribution in [0.25, 0.3) is 0 Å². The second kappa shape index (κ2) is 8.64. The van der Waals surface area contributed by atoms with Crippen molar-refractivity contribution in [2.24, 2.45) is 0 Å². The van der Waals surface area contributed by atoms with Crippen molar-refractivity contribution in [2.45, 2.75) is 50.7 Å². The number of carbonyl (C=O) groups excluding carboxylic acids is 1. The third-order valence-electron chi connectivity index (χ3n) is 5.66. The Morgan fingerprint density at radius 1 is 1.19 bits per heavy atom. The van der Waals surface area contributed by atoms with Gasteiger partial charge in [-0.25, -0.2) is 8.78 Å². The number of benzene rings is 2. The molecule has 2 heterocycles. The summed E-state index contributed by atoms with van der Waals surface area (Å²) >= 11 is 5.87. The molecular weight excluding hydrogens is 434 g/mol. The topological polar surface area (TPSA) is 59.0 Å². The van der Waals surface area contributed by atoms with Crippen LogP contribution in [-0.2, 0) is 10.3 Å². The Bertz CT molecular complexity index is 1140. The highest BCUT2D eigenvalue weighted by Crippen LogP contribution is 2.41. The van der Waals surface area contributed by atoms with Gasteiger partial charge >= 0.3 is 0 Å². The summed E-state index contributed by atoms with van der Waals surface area (Å²) in [5.41, 5.74) is 1.68. The van der Waals surface area contributed by atoms with Crippen molar-refractivity contribution in [3.63, 3.8) is 0 Å². The number of hydrogen-bond acceptors (Lipinski definition) is 3. The summed E-state index contributed by atoms with van der Waals surface area (Å²) in [6.45, 7) is 6.16. The molecule has 1 fully saturated rings. The summed E-state index contributed by atoms with van der Waals surface area (Å²) in [6.07, 6.45) is 2.37. The number of carbonyl (C=O) groups is 1. The molecule has 1 aromatic heterocycles. The van der Waals surface area contributed by atoms with Gasteiger partial charge < -0.3 is 5.32 Å². The Balaban J connectivity index is 1.63. The van der Waals surface area contributed by atoms with E-state index in [4.69, 9.17) is 16.7 Å². The second-order valence-electron chi connectivity index (χ2n) is 9.07. The lowest BCUT2D eigenvalue weighted by atomic mass is 9.90. The molecule has 0 unspecified atom stereocenters. The van der Waals surface area contributed by atoms with Gasteiger partial charge in [-0.15, -0.1) is 0 Å². The fourth-order valence-electron chi connectivity index (χ4n) is 4.00. The molecule has 1 saturated heterocycles. The van der Waals surface area contributed by atoms with Gasteiger partial charge in [-0.2, -0.15) is 5.10 Å². The van der Waals surface area contributed by atoms with E-state index >= 15 is 0 Å². The third-order valence-corrected chi connectivity index (χ3v) is 5.97. The molecule has 0 bridgehead atoms. The standard InChI is InChI=1S/C24H25ClF2N4O/c1-24(2,3)31-10-9-20(30-31)17-13-21(23(32)28-16-6-4-5-15(26)12-16)29-22(17)14-7-8-18(25)19(27)11-14/h4-12,17,21-22,29H,13H2,1-3H3,(H,28,32)/t17-,21-,22-/m0/s1. The number of nitrogens with zero attached hydrogens (tertiary/aromatic N) is 2. The lowest BCUT2D eigenvalue weighted by Crippen LogP contribution is -2.36. The zero-order chi connectivity index (χ0) is 23.0. The molecule has 0 aliphatic carbocycles. The van der Waals surface area contributed by atoms with Crippen LogP contribution in [0.2, 0.25) is 5.02 Å². The van der Waals surface area contributed by atoms with Gasteiger partial charge in [-0.1, -0.05) is 23.7 Å². The summed E-state index contributed by atoms with van der Waals surface area (Å²) in [4.78, 5) is 12.9. The van der Waals surface area contributed by atoms with Crippen LogP contribution < -0.4 is 10.6 Å². The fourth-order valence-corrected chi connectivity index (χ4v) is 4.12. The molecule has 32 heavy (non-hydrogen) atoms. The van der Waals surface area contributed by atoms with Crippen molar-refractivity contribution >= 4 is 23.2 Å². The van der Waals surface area contributed by atoms with Gasteiger partial charge in [0, 0.05) is 23.8 Å². The van der Waals surface area contributed by atoms with Crippen molar-refractivity contribution < 1.29 is 13.6 Å². The van der Waals surface area contributed by atoms with Gasteiger partial charge in [0.05, 0.1) is 22.3 Å². The normalized spacial score (nSPS) is 21.0. The number of halogens is 3. The molecule has 168 valence electrons. The average molecular weight is 459 g/mol. The quantitative estimate of drug-likeness (QED) is 0.550. The minimum absolute atomic E-state index is 0.0423. The minimum atomic E-state index is -0.563. The Kier molecular flexibility index (Phi) is 6.05. The first kappa shape index (κ1) is 22.4. The summed E-state index contributed by atoms with van der Waals surface area (Å²) in [5.74, 6) is -1.39. The third kappa shape index (κ3) is 4.69. The number of nitrogens with one attached hydrogen (secondary N) is 2. The van der Waals surface area contributed by atoms with E-state index < -0.39 is 17.7 Å². The fraction of sp³-hybridized carbons (Fsp3) is 0.333. The molecule has 0 spiro atoms. The Morgan fingerprint density at radius 3 is 2.62 bits per heavy atom. The van der Waals surface area contributed by atoms with E-state index in [2.05, 4.69) is 31.4 Å². The maximum absolute atomic E-state index is 14.2. The summed E-state index contributed by atoms with van der Waals surface area (Å²) in [6, 6.07) is 11.4. The van der Waals surface area contributed by atoms with Crippen LogP contribution in [0.4, 0.5) is 14.5 Å². The van der Waals surface area contributed by atoms with Gasteiger partial charge in [0.2, 0.25) is 5.91 Å². The van der Waals surface area contributed by atoms with E-state index in [1.54, 1.807) is 12.1 Å². The molecule has 0 radical (unpaired) electrons. The highest BCUT2D eigenvalue weighted by atomic mass is 35.5. The molecule has 3 atom stereocenters. The van der Waals surface area contributed by atoms with Crippen molar-refractivity contribution in [2.75, 3.05) is 5.32 Å². The van der Waals surface area contributed by atoms with Crippen molar-refractivity contribution in [3.8, 4) is 0 Å². The number of amides is 1. The first-order valence-corrected chi connectivity index (χ1v) is 10.8. The molecule has 3 aromatic rings. The largest absolute Gasteiger partial charge is 0.325 e. The predicted molar refractivity (Wildman–Crippen MR) is 121 cm³/mol. The van der Waals surface area contributed by atoms with E-state index in [0.29, 0.717) is 17.7 Å². The number of anilines is 1. The monoisotopic (exact) mass is 458 g/mol. The molecule has 2 aromatic carbocycles. The van der Waals surface area contributed by atoms with E-state index in [1.807, 2.05) is 16.9 Å². The van der Waals surface area contributed by atoms with Gasteiger partial charge in [0.15, 0.2) is 0 Å². The Hall–Kier alpha value is -2.77. The summed E-state index contributed by atoms with van der Waals surface area (Å²) in [5, 5.41) is 10.9. The molecule has 0 saturated carbocycles. The van der Waals surface area contributed by atoms with Gasteiger partial charge in [-0.3, -0.25) is 14.8 Å². The Labute approximate surface area is 190 Å². The van der Waals surface area contributed by atoms with Gasteiger partial charge in [-0.05, 0) is 69.2 Å². The number of aromatic nitrogens is 2. The van der Waals surface area contributed by atoms with Gasteiger partial charge in [0.25, 0.3) is 0 Å². The van der Waals surface area contributed by atoms with E-state index in [-0.39, 0.29) is 28.4 Å². The number of rotatable bonds is 4. The highest BCUT2D eigenvalue weighted by Gasteiger charge is 2.40. The zero-order valence-electron chi connectivity index (χ0n) is 18.1. The molecule has 1 aliphatic heterocycles. The van der Waals surface area contributed by atoms with Gasteiger partial charge in [0.1, 0.15) is 11.6 Å². The molecule has 5 nitrogen and oxygen atoms in total. The maximum atomic E-state index is 14.2. The lowest BCUT2D eigenvalue weighted by Gasteiger charge is -2.21. The van der Waals surface area contributed by atoms with Crippen LogP contribution in [-0.4, -0.2) is 21.7 Å². The molecule has 4 rings (SSSR count). The van der Waals surface area contributed by atoms with Crippen LogP contribution in [0.5, 0.6) is 0 Å². The summed E-state index contributed by atoms with van der Waals surface area (Å²) < 4.78 is 29.6. The molecule has 1 aliphatic rings. The van der Waals surface area contributed by atoms with E-state index in [0.717, 1.165) is 5.69 Å². The molecule has 1 amide bonds. The van der Waals surface area contributed by atoms with Crippen LogP contribution in [0.15, 0.2) is 54.7 Å². The van der Waals surface area contributed by atoms with Crippen LogP contribution in [0.1, 0.15) is 50.4 Å². The molecule has 8 heteroatoms. The smallest absolute Gasteiger partial charge is 0.241 e. The summed E-state index contributed by atoms with van der Waals surface area (Å²) in [7, 11) is 0. The molecular formula is C24H25ClF2N4O. The van der Waals surface area contributed by atoms with Crippen molar-refractivity contribution in [1.82, 2.24) is 15.1 Å². The average Bonchev–Trinajstić information content (AvgIpc) is 3.37. The number of hydrogen-bond donors (Lipinski definition) is 2. The van der Waals surface area contributed by atoms with Crippen LogP contribution in [0, 0.1) is 11.6 Å². The van der Waals surface area contributed by atoms with Crippen molar-refractivity contribution in [1.29, 1.82) is 0 Å². The second-order valence-corrected chi connectivity index (χ2v) is 9.48. The maximum Gasteiger partial charge on any atom is 0.241 e.